The summed E-state index contributed by atoms with van der Waals surface area (Å²) < 4.78 is 8.46. The number of para-hydroxylation sites is 1. The van der Waals surface area contributed by atoms with Crippen LogP contribution >= 0.6 is 0 Å². The SMILES string of the molecule is C#Cc1c(/C=C\C)n(-c2ccc(-c3ccccc3-c3ccccc3-c3ccc(-c4nnc(-c5ccc(-c6ccc7ccccc7c6)cc5)o4)cc3)cc2)c2ccccc12. The predicted molar refractivity (Wildman–Crippen MR) is 244 cm³/mol. The fourth-order valence-electron chi connectivity index (χ4n) is 8.16. The fraction of sp³-hybridized carbons (Fsp3) is 0.0182. The fourth-order valence-corrected chi connectivity index (χ4v) is 8.16. The Morgan fingerprint density at radius 3 is 1.59 bits per heavy atom. The van der Waals surface area contributed by atoms with Gasteiger partial charge in [-0.25, -0.2) is 0 Å². The molecule has 2 aromatic heterocycles. The molecule has 0 bridgehead atoms. The van der Waals surface area contributed by atoms with Gasteiger partial charge in [0.1, 0.15) is 0 Å². The minimum absolute atomic E-state index is 0.480. The first kappa shape index (κ1) is 35.4. The molecule has 278 valence electrons. The topological polar surface area (TPSA) is 43.9 Å². The van der Waals surface area contributed by atoms with Crippen molar-refractivity contribution in [2.75, 3.05) is 0 Å². The molecule has 4 heteroatoms. The summed E-state index contributed by atoms with van der Waals surface area (Å²) >= 11 is 0. The largest absolute Gasteiger partial charge is 0.416 e. The van der Waals surface area contributed by atoms with E-state index in [1.165, 1.54) is 16.3 Å². The monoisotopic (exact) mass is 755 g/mol. The van der Waals surface area contributed by atoms with Gasteiger partial charge in [0.2, 0.25) is 11.8 Å². The van der Waals surface area contributed by atoms with Crippen LogP contribution in [0.2, 0.25) is 0 Å². The smallest absolute Gasteiger partial charge is 0.248 e. The summed E-state index contributed by atoms with van der Waals surface area (Å²) in [4.78, 5) is 0. The molecular weight excluding hydrogens is 719 g/mol. The Labute approximate surface area is 343 Å². The van der Waals surface area contributed by atoms with Crippen LogP contribution in [0.15, 0.2) is 199 Å². The normalized spacial score (nSPS) is 11.4. The molecule has 0 unspecified atom stereocenters. The van der Waals surface area contributed by atoms with Crippen LogP contribution < -0.4 is 0 Å². The third-order valence-electron chi connectivity index (χ3n) is 11.0. The molecule has 0 radical (unpaired) electrons. The molecule has 8 aromatic carbocycles. The van der Waals surface area contributed by atoms with E-state index in [9.17, 15) is 0 Å². The molecule has 0 spiro atoms. The predicted octanol–water partition coefficient (Wildman–Crippen LogP) is 14.2. The number of hydrogen-bond acceptors (Lipinski definition) is 3. The molecule has 0 aliphatic rings. The van der Waals surface area contributed by atoms with E-state index in [-0.39, 0.29) is 0 Å². The lowest BCUT2D eigenvalue weighted by Gasteiger charge is -2.16. The quantitative estimate of drug-likeness (QED) is 0.145. The molecule has 0 N–H and O–H groups in total. The van der Waals surface area contributed by atoms with Crippen molar-refractivity contribution in [3.63, 3.8) is 0 Å². The maximum Gasteiger partial charge on any atom is 0.248 e. The van der Waals surface area contributed by atoms with Crippen LogP contribution in [0, 0.1) is 12.3 Å². The van der Waals surface area contributed by atoms with Gasteiger partial charge in [-0.05, 0) is 117 Å². The van der Waals surface area contributed by atoms with Gasteiger partial charge in [-0.15, -0.1) is 16.6 Å². The zero-order chi connectivity index (χ0) is 39.7. The first-order valence-corrected chi connectivity index (χ1v) is 19.7. The van der Waals surface area contributed by atoms with Gasteiger partial charge in [-0.2, -0.15) is 0 Å². The summed E-state index contributed by atoms with van der Waals surface area (Å²) in [5, 5.41) is 12.3. The lowest BCUT2D eigenvalue weighted by molar-refractivity contribution is 0.584. The molecule has 0 aliphatic heterocycles. The first-order chi connectivity index (χ1) is 29.2. The van der Waals surface area contributed by atoms with Gasteiger partial charge < -0.3 is 8.98 Å². The summed E-state index contributed by atoms with van der Waals surface area (Å²) in [5.41, 5.74) is 14.9. The van der Waals surface area contributed by atoms with E-state index in [0.29, 0.717) is 11.8 Å². The first-order valence-electron chi connectivity index (χ1n) is 19.7. The molecular formula is C55H37N3O. The Morgan fingerprint density at radius 2 is 0.983 bits per heavy atom. The second kappa shape index (κ2) is 15.2. The Morgan fingerprint density at radius 1 is 0.492 bits per heavy atom. The summed E-state index contributed by atoms with van der Waals surface area (Å²) in [6.45, 7) is 2.02. The van der Waals surface area contributed by atoms with Crippen LogP contribution in [-0.2, 0) is 0 Å². The molecule has 10 rings (SSSR count). The number of fused-ring (bicyclic) bond motifs is 2. The Bertz CT molecular complexity index is 3210. The van der Waals surface area contributed by atoms with Crippen LogP contribution in [0.4, 0.5) is 0 Å². The third-order valence-corrected chi connectivity index (χ3v) is 11.0. The highest BCUT2D eigenvalue weighted by Crippen LogP contribution is 2.40. The van der Waals surface area contributed by atoms with E-state index in [4.69, 9.17) is 10.8 Å². The van der Waals surface area contributed by atoms with E-state index in [1.807, 2.05) is 31.2 Å². The lowest BCUT2D eigenvalue weighted by atomic mass is 9.89. The van der Waals surface area contributed by atoms with Crippen molar-refractivity contribution >= 4 is 27.8 Å². The Balaban J connectivity index is 0.920. The summed E-state index contributed by atoms with van der Waals surface area (Å²) in [6, 6.07) is 65.8. The van der Waals surface area contributed by atoms with Gasteiger partial charge in [-0.3, -0.25) is 0 Å². The zero-order valence-electron chi connectivity index (χ0n) is 32.4. The van der Waals surface area contributed by atoms with Crippen LogP contribution in [-0.4, -0.2) is 14.8 Å². The van der Waals surface area contributed by atoms with Gasteiger partial charge in [-0.1, -0.05) is 152 Å². The molecule has 0 saturated carbocycles. The van der Waals surface area contributed by atoms with Crippen LogP contribution in [0.1, 0.15) is 18.2 Å². The number of aromatic nitrogens is 3. The number of rotatable bonds is 8. The average Bonchev–Trinajstić information content (AvgIpc) is 3.93. The van der Waals surface area contributed by atoms with Crippen molar-refractivity contribution in [3.05, 3.63) is 205 Å². The minimum atomic E-state index is 0.480. The zero-order valence-corrected chi connectivity index (χ0v) is 32.4. The summed E-state index contributed by atoms with van der Waals surface area (Å²) in [5.74, 6) is 3.91. The highest BCUT2D eigenvalue weighted by Gasteiger charge is 2.17. The molecule has 10 aromatic rings. The van der Waals surface area contributed by atoms with Crippen molar-refractivity contribution in [1.29, 1.82) is 0 Å². The van der Waals surface area contributed by atoms with Crippen LogP contribution in [0.5, 0.6) is 0 Å². The van der Waals surface area contributed by atoms with E-state index in [1.54, 1.807) is 0 Å². The third kappa shape index (κ3) is 6.51. The van der Waals surface area contributed by atoms with E-state index in [2.05, 4.69) is 197 Å². The van der Waals surface area contributed by atoms with Crippen molar-refractivity contribution in [1.82, 2.24) is 14.8 Å². The van der Waals surface area contributed by atoms with Gasteiger partial charge in [0.15, 0.2) is 0 Å². The summed E-state index contributed by atoms with van der Waals surface area (Å²) in [6.07, 6.45) is 10.2. The van der Waals surface area contributed by atoms with E-state index in [0.717, 1.165) is 77.9 Å². The summed E-state index contributed by atoms with van der Waals surface area (Å²) in [7, 11) is 0. The molecule has 59 heavy (non-hydrogen) atoms. The second-order valence-corrected chi connectivity index (χ2v) is 14.5. The highest BCUT2D eigenvalue weighted by molar-refractivity contribution is 5.94. The van der Waals surface area contributed by atoms with Gasteiger partial charge in [0.25, 0.3) is 0 Å². The van der Waals surface area contributed by atoms with Crippen LogP contribution in [0.25, 0.3) is 101 Å². The molecule has 4 nitrogen and oxygen atoms in total. The lowest BCUT2D eigenvalue weighted by Crippen LogP contribution is -1.97. The number of hydrogen-bond donors (Lipinski definition) is 0. The van der Waals surface area contributed by atoms with E-state index < -0.39 is 0 Å². The Kier molecular flexibility index (Phi) is 9.10. The van der Waals surface area contributed by atoms with Crippen LogP contribution in [0.3, 0.4) is 0 Å². The Hall–Kier alpha value is -8.00. The number of allylic oxidation sites excluding steroid dienone is 1. The maximum absolute atomic E-state index is 6.21. The highest BCUT2D eigenvalue weighted by atomic mass is 16.4. The number of terminal acetylenes is 1. The molecule has 0 aliphatic carbocycles. The molecule has 0 saturated heterocycles. The molecule has 0 atom stereocenters. The van der Waals surface area contributed by atoms with Crippen molar-refractivity contribution < 1.29 is 4.42 Å². The second-order valence-electron chi connectivity index (χ2n) is 14.5. The van der Waals surface area contributed by atoms with Crippen molar-refractivity contribution in [3.8, 4) is 85.4 Å². The van der Waals surface area contributed by atoms with Gasteiger partial charge in [0.05, 0.1) is 16.8 Å². The van der Waals surface area contributed by atoms with Crippen molar-refractivity contribution in [2.45, 2.75) is 6.92 Å². The molecule has 2 heterocycles. The standard InChI is InChI=1S/C55H37N3O/c1-3-13-52-46(4-2)51-20-11-12-21-53(51)58(52)45-34-32-40(33-35-45)48-17-8-10-19-50(48)49-18-9-7-16-47(49)39-25-29-42(30-26-39)55-57-56-54(59-55)41-27-22-38(23-28-41)44-31-24-37-14-5-6-15-43(37)36-44/h2-3,5-36H,1H3/b13-3-. The number of benzene rings is 8. The van der Waals surface area contributed by atoms with Crippen molar-refractivity contribution in [2.24, 2.45) is 0 Å². The number of nitrogens with zero attached hydrogens (tertiary/aromatic N) is 3. The molecule has 0 amide bonds. The molecule has 0 fully saturated rings. The van der Waals surface area contributed by atoms with Gasteiger partial charge in [0, 0.05) is 22.2 Å². The minimum Gasteiger partial charge on any atom is -0.416 e. The van der Waals surface area contributed by atoms with Gasteiger partial charge >= 0.3 is 0 Å². The maximum atomic E-state index is 6.21. The van der Waals surface area contributed by atoms with E-state index >= 15 is 0 Å². The average molecular weight is 756 g/mol.